The lowest BCUT2D eigenvalue weighted by Gasteiger charge is -2.38. The zero-order chi connectivity index (χ0) is 17.9. The summed E-state index contributed by atoms with van der Waals surface area (Å²) in [5, 5.41) is 2.85. The number of ether oxygens (including phenoxy) is 1. The summed E-state index contributed by atoms with van der Waals surface area (Å²) in [5.41, 5.74) is 0. The van der Waals surface area contributed by atoms with Crippen molar-refractivity contribution in [2.24, 2.45) is 5.92 Å². The first-order chi connectivity index (χ1) is 12.1. The van der Waals surface area contributed by atoms with E-state index in [4.69, 9.17) is 4.74 Å². The van der Waals surface area contributed by atoms with Gasteiger partial charge in [0, 0.05) is 19.1 Å². The van der Waals surface area contributed by atoms with Crippen molar-refractivity contribution in [1.82, 2.24) is 15.1 Å². The van der Waals surface area contributed by atoms with Crippen molar-refractivity contribution < 1.29 is 9.53 Å². The molecule has 0 aromatic rings. The minimum Gasteiger partial charge on any atom is -0.450 e. The Morgan fingerprint density at radius 2 is 1.88 bits per heavy atom. The molecule has 2 fully saturated rings. The van der Waals surface area contributed by atoms with Gasteiger partial charge in [-0.3, -0.25) is 4.90 Å². The molecule has 1 atom stereocenters. The summed E-state index contributed by atoms with van der Waals surface area (Å²) < 4.78 is 5.40. The highest BCUT2D eigenvalue weighted by molar-refractivity contribution is 5.66. The predicted octanol–water partition coefficient (Wildman–Crippen LogP) is 3.49. The number of likely N-dealkylation sites (tertiary alicyclic amines) is 1. The second-order valence-corrected chi connectivity index (χ2v) is 8.16. The molecule has 0 aromatic carbocycles. The van der Waals surface area contributed by atoms with Gasteiger partial charge in [-0.1, -0.05) is 25.7 Å². The molecular weight excluding hydrogens is 314 g/mol. The molecule has 1 N–H and O–H groups in total. The van der Waals surface area contributed by atoms with Crippen LogP contribution in [0, 0.1) is 5.92 Å². The van der Waals surface area contributed by atoms with Gasteiger partial charge in [-0.05, 0) is 71.6 Å². The van der Waals surface area contributed by atoms with Crippen molar-refractivity contribution in [2.45, 2.75) is 70.3 Å². The van der Waals surface area contributed by atoms with Crippen molar-refractivity contribution in [3.63, 3.8) is 0 Å². The van der Waals surface area contributed by atoms with Crippen molar-refractivity contribution in [3.05, 3.63) is 0 Å². The van der Waals surface area contributed by atoms with Crippen LogP contribution in [0.15, 0.2) is 0 Å². The molecule has 25 heavy (non-hydrogen) atoms. The van der Waals surface area contributed by atoms with Crippen LogP contribution < -0.4 is 5.32 Å². The molecule has 5 heteroatoms. The molecule has 1 heterocycles. The monoisotopic (exact) mass is 353 g/mol. The van der Waals surface area contributed by atoms with Crippen LogP contribution in [0.2, 0.25) is 0 Å². The number of hydrogen-bond acceptors (Lipinski definition) is 4. The van der Waals surface area contributed by atoms with Crippen molar-refractivity contribution >= 4 is 6.09 Å². The molecule has 0 bridgehead atoms. The number of piperidine rings is 1. The highest BCUT2D eigenvalue weighted by Gasteiger charge is 2.25. The van der Waals surface area contributed by atoms with E-state index in [1.807, 2.05) is 14.1 Å². The van der Waals surface area contributed by atoms with Crippen molar-refractivity contribution in [1.29, 1.82) is 0 Å². The maximum Gasteiger partial charge on any atom is 0.407 e. The molecule has 1 unspecified atom stereocenters. The Morgan fingerprint density at radius 3 is 2.64 bits per heavy atom. The average molecular weight is 354 g/mol. The third-order valence-corrected chi connectivity index (χ3v) is 5.70. The van der Waals surface area contributed by atoms with Gasteiger partial charge in [-0.15, -0.1) is 0 Å². The number of amides is 1. The maximum atomic E-state index is 11.8. The van der Waals surface area contributed by atoms with E-state index < -0.39 is 0 Å². The first kappa shape index (κ1) is 20.5. The molecule has 0 radical (unpaired) electrons. The topological polar surface area (TPSA) is 44.8 Å². The Hall–Kier alpha value is -0.810. The van der Waals surface area contributed by atoms with E-state index in [0.29, 0.717) is 19.2 Å². The molecule has 1 aliphatic heterocycles. The van der Waals surface area contributed by atoms with Gasteiger partial charge in [-0.2, -0.15) is 0 Å². The van der Waals surface area contributed by atoms with E-state index in [1.165, 1.54) is 64.5 Å². The molecule has 5 nitrogen and oxygen atoms in total. The van der Waals surface area contributed by atoms with Gasteiger partial charge in [-0.25, -0.2) is 4.79 Å². The number of hydrogen-bond donors (Lipinski definition) is 1. The summed E-state index contributed by atoms with van der Waals surface area (Å²) in [6.45, 7) is 4.72. The summed E-state index contributed by atoms with van der Waals surface area (Å²) in [6.07, 6.45) is 12.7. The Balaban J connectivity index is 1.61. The standard InChI is InChI=1S/C20H39N3O2/c1-22(2)14-8-13-21-20(24)25-16-12-19-11-6-7-15-23(19)17-18-9-4-3-5-10-18/h18-19H,3-17H2,1-2H3,(H,21,24). The second-order valence-electron chi connectivity index (χ2n) is 8.16. The van der Waals surface area contributed by atoms with E-state index in [0.717, 1.165) is 25.3 Å². The number of rotatable bonds is 9. The van der Waals surface area contributed by atoms with Crippen molar-refractivity contribution in [2.75, 3.05) is 46.9 Å². The number of nitrogens with one attached hydrogen (secondary N) is 1. The zero-order valence-electron chi connectivity index (χ0n) is 16.5. The van der Waals surface area contributed by atoms with E-state index in [-0.39, 0.29) is 6.09 Å². The van der Waals surface area contributed by atoms with Crippen LogP contribution in [-0.4, -0.2) is 68.8 Å². The normalized spacial score (nSPS) is 22.9. The summed E-state index contributed by atoms with van der Waals surface area (Å²) in [5.74, 6) is 0.898. The molecular formula is C20H39N3O2. The van der Waals surface area contributed by atoms with E-state index in [9.17, 15) is 4.79 Å². The molecule has 2 aliphatic rings. The third-order valence-electron chi connectivity index (χ3n) is 5.70. The van der Waals surface area contributed by atoms with Crippen LogP contribution in [-0.2, 0) is 4.74 Å². The van der Waals surface area contributed by atoms with Gasteiger partial charge in [0.05, 0.1) is 6.61 Å². The fraction of sp³-hybridized carbons (Fsp3) is 0.950. The van der Waals surface area contributed by atoms with Crippen molar-refractivity contribution in [3.8, 4) is 0 Å². The van der Waals surface area contributed by atoms with Gasteiger partial charge in [0.1, 0.15) is 0 Å². The number of nitrogens with zero attached hydrogens (tertiary/aromatic N) is 2. The van der Waals surface area contributed by atoms with Gasteiger partial charge < -0.3 is 15.0 Å². The summed E-state index contributed by atoms with van der Waals surface area (Å²) in [7, 11) is 4.09. The largest absolute Gasteiger partial charge is 0.450 e. The Bertz CT molecular complexity index is 370. The Morgan fingerprint density at radius 1 is 1.12 bits per heavy atom. The SMILES string of the molecule is CN(C)CCCNC(=O)OCCC1CCCCN1CC1CCCCC1. The number of carbonyl (C=O) groups excluding carboxylic acids is 1. The van der Waals surface area contributed by atoms with Crippen LogP contribution in [0.5, 0.6) is 0 Å². The minimum absolute atomic E-state index is 0.256. The van der Waals surface area contributed by atoms with E-state index in [1.54, 1.807) is 0 Å². The van der Waals surface area contributed by atoms with Crippen LogP contribution in [0.3, 0.4) is 0 Å². The lowest BCUT2D eigenvalue weighted by Crippen LogP contribution is -2.43. The van der Waals surface area contributed by atoms with E-state index >= 15 is 0 Å². The van der Waals surface area contributed by atoms with Gasteiger partial charge >= 0.3 is 6.09 Å². The lowest BCUT2D eigenvalue weighted by atomic mass is 9.87. The second kappa shape index (κ2) is 11.7. The van der Waals surface area contributed by atoms with Gasteiger partial charge in [0.15, 0.2) is 0 Å². The zero-order valence-corrected chi connectivity index (χ0v) is 16.5. The quantitative estimate of drug-likeness (QED) is 0.645. The lowest BCUT2D eigenvalue weighted by molar-refractivity contribution is 0.0829. The molecule has 1 saturated heterocycles. The average Bonchev–Trinajstić information content (AvgIpc) is 2.61. The molecule has 1 aliphatic carbocycles. The van der Waals surface area contributed by atoms with Gasteiger partial charge in [0.2, 0.25) is 0 Å². The highest BCUT2D eigenvalue weighted by Crippen LogP contribution is 2.28. The molecule has 1 saturated carbocycles. The summed E-state index contributed by atoms with van der Waals surface area (Å²) >= 11 is 0. The minimum atomic E-state index is -0.256. The van der Waals surface area contributed by atoms with Gasteiger partial charge in [0.25, 0.3) is 0 Å². The molecule has 1 amide bonds. The number of carbonyl (C=O) groups is 1. The van der Waals surface area contributed by atoms with E-state index in [2.05, 4.69) is 15.1 Å². The molecule has 0 spiro atoms. The summed E-state index contributed by atoms with van der Waals surface area (Å²) in [4.78, 5) is 16.6. The van der Waals surface area contributed by atoms with Crippen LogP contribution in [0.25, 0.3) is 0 Å². The molecule has 146 valence electrons. The highest BCUT2D eigenvalue weighted by atomic mass is 16.5. The third kappa shape index (κ3) is 8.41. The van der Waals surface area contributed by atoms with Crippen LogP contribution >= 0.6 is 0 Å². The fourth-order valence-corrected chi connectivity index (χ4v) is 4.25. The molecule has 2 rings (SSSR count). The van der Waals surface area contributed by atoms with Crippen LogP contribution in [0.4, 0.5) is 4.79 Å². The summed E-state index contributed by atoms with van der Waals surface area (Å²) in [6, 6.07) is 0.609. The Labute approximate surface area is 154 Å². The number of alkyl carbamates (subject to hydrolysis) is 1. The first-order valence-electron chi connectivity index (χ1n) is 10.4. The maximum absolute atomic E-state index is 11.8. The smallest absolute Gasteiger partial charge is 0.407 e. The predicted molar refractivity (Wildman–Crippen MR) is 103 cm³/mol. The van der Waals surface area contributed by atoms with Crippen LogP contribution in [0.1, 0.15) is 64.2 Å². The first-order valence-corrected chi connectivity index (χ1v) is 10.4. The fourth-order valence-electron chi connectivity index (χ4n) is 4.25. The molecule has 0 aromatic heterocycles. The Kier molecular flexibility index (Phi) is 9.63.